The van der Waals surface area contributed by atoms with E-state index in [-0.39, 0.29) is 5.78 Å². The maximum Gasteiger partial charge on any atom is 0.173 e. The molecule has 1 aliphatic rings. The molecule has 0 radical (unpaired) electrons. The molecule has 0 bridgehead atoms. The Morgan fingerprint density at radius 1 is 1.50 bits per heavy atom. The number of fused-ring (bicyclic) bond motifs is 1. The van der Waals surface area contributed by atoms with Gasteiger partial charge in [0.25, 0.3) is 0 Å². The van der Waals surface area contributed by atoms with Crippen molar-refractivity contribution in [2.75, 3.05) is 13.7 Å². The van der Waals surface area contributed by atoms with E-state index in [4.69, 9.17) is 21.1 Å². The maximum atomic E-state index is 11.6. The van der Waals surface area contributed by atoms with Gasteiger partial charge >= 0.3 is 0 Å². The van der Waals surface area contributed by atoms with Gasteiger partial charge < -0.3 is 9.47 Å². The first kappa shape index (κ1) is 9.34. The molecule has 1 aliphatic heterocycles. The van der Waals surface area contributed by atoms with E-state index in [9.17, 15) is 4.79 Å². The molecule has 14 heavy (non-hydrogen) atoms. The zero-order chi connectivity index (χ0) is 10.1. The van der Waals surface area contributed by atoms with Gasteiger partial charge in [-0.25, -0.2) is 0 Å². The average molecular weight is 213 g/mol. The average Bonchev–Trinajstić information content (AvgIpc) is 2.20. The number of ketones is 1. The van der Waals surface area contributed by atoms with Crippen molar-refractivity contribution in [2.24, 2.45) is 0 Å². The van der Waals surface area contributed by atoms with Crippen LogP contribution in [0, 0.1) is 0 Å². The summed E-state index contributed by atoms with van der Waals surface area (Å²) in [6, 6.07) is 3.34. The number of methoxy groups -OCH3 is 1. The summed E-state index contributed by atoms with van der Waals surface area (Å²) < 4.78 is 10.4. The van der Waals surface area contributed by atoms with Crippen LogP contribution in [0.1, 0.15) is 16.8 Å². The highest BCUT2D eigenvalue weighted by Crippen LogP contribution is 2.38. The summed E-state index contributed by atoms with van der Waals surface area (Å²) in [4.78, 5) is 11.6. The zero-order valence-electron chi connectivity index (χ0n) is 7.67. The fourth-order valence-electron chi connectivity index (χ4n) is 1.49. The first-order chi connectivity index (χ1) is 6.74. The number of carbonyl (C=O) groups is 1. The molecule has 1 aromatic carbocycles. The van der Waals surface area contributed by atoms with Crippen molar-refractivity contribution < 1.29 is 14.3 Å². The van der Waals surface area contributed by atoms with E-state index >= 15 is 0 Å². The fraction of sp³-hybridized carbons (Fsp3) is 0.300. The Morgan fingerprint density at radius 3 is 3.00 bits per heavy atom. The summed E-state index contributed by atoms with van der Waals surface area (Å²) in [6.07, 6.45) is 0.379. The van der Waals surface area contributed by atoms with Gasteiger partial charge in [0, 0.05) is 6.42 Å². The van der Waals surface area contributed by atoms with Gasteiger partial charge in [-0.1, -0.05) is 11.6 Å². The van der Waals surface area contributed by atoms with Crippen molar-refractivity contribution in [2.45, 2.75) is 6.42 Å². The molecule has 0 spiro atoms. The molecule has 1 aromatic rings. The third-order valence-electron chi connectivity index (χ3n) is 2.15. The molecular formula is C10H9ClO3. The smallest absolute Gasteiger partial charge is 0.173 e. The molecule has 0 saturated heterocycles. The number of carbonyl (C=O) groups excluding carboxylic acids is 1. The molecule has 4 heteroatoms. The van der Waals surface area contributed by atoms with Crippen molar-refractivity contribution in [3.8, 4) is 11.5 Å². The Balaban J connectivity index is 2.64. The van der Waals surface area contributed by atoms with Crippen LogP contribution < -0.4 is 9.47 Å². The third kappa shape index (κ3) is 1.34. The van der Waals surface area contributed by atoms with E-state index < -0.39 is 0 Å². The van der Waals surface area contributed by atoms with Crippen LogP contribution in [0.4, 0.5) is 0 Å². The van der Waals surface area contributed by atoms with Crippen molar-refractivity contribution in [1.82, 2.24) is 0 Å². The SMILES string of the molecule is COc1ccc(Cl)c2c1C(=O)CCO2. The molecule has 2 rings (SSSR count). The van der Waals surface area contributed by atoms with Crippen LogP contribution in [-0.4, -0.2) is 19.5 Å². The summed E-state index contributed by atoms with van der Waals surface area (Å²) in [6.45, 7) is 0.388. The highest BCUT2D eigenvalue weighted by atomic mass is 35.5. The highest BCUT2D eigenvalue weighted by molar-refractivity contribution is 6.33. The van der Waals surface area contributed by atoms with E-state index in [1.165, 1.54) is 7.11 Å². The van der Waals surface area contributed by atoms with Crippen LogP contribution in [0.3, 0.4) is 0 Å². The first-order valence-corrected chi connectivity index (χ1v) is 4.64. The fourth-order valence-corrected chi connectivity index (χ4v) is 1.70. The Hall–Kier alpha value is -1.22. The maximum absolute atomic E-state index is 11.6. The largest absolute Gasteiger partial charge is 0.496 e. The lowest BCUT2D eigenvalue weighted by molar-refractivity contribution is 0.0929. The molecule has 74 valence electrons. The zero-order valence-corrected chi connectivity index (χ0v) is 8.43. The number of hydrogen-bond donors (Lipinski definition) is 0. The van der Waals surface area contributed by atoms with E-state index in [2.05, 4.69) is 0 Å². The summed E-state index contributed by atoms with van der Waals surface area (Å²) in [5.41, 5.74) is 0.464. The lowest BCUT2D eigenvalue weighted by Crippen LogP contribution is -2.16. The summed E-state index contributed by atoms with van der Waals surface area (Å²) in [5.74, 6) is 0.988. The van der Waals surface area contributed by atoms with Gasteiger partial charge in [-0.3, -0.25) is 4.79 Å². The van der Waals surface area contributed by atoms with Gasteiger partial charge in [0.05, 0.1) is 18.7 Å². The van der Waals surface area contributed by atoms with Crippen molar-refractivity contribution in [3.05, 3.63) is 22.7 Å². The first-order valence-electron chi connectivity index (χ1n) is 4.26. The van der Waals surface area contributed by atoms with Gasteiger partial charge in [-0.15, -0.1) is 0 Å². The van der Waals surface area contributed by atoms with E-state index in [0.29, 0.717) is 35.1 Å². The predicted molar refractivity (Wildman–Crippen MR) is 52.4 cm³/mol. The van der Waals surface area contributed by atoms with Gasteiger partial charge in [0.1, 0.15) is 11.3 Å². The van der Waals surface area contributed by atoms with Crippen LogP contribution in [0.5, 0.6) is 11.5 Å². The van der Waals surface area contributed by atoms with Gasteiger partial charge in [0.2, 0.25) is 0 Å². The molecule has 0 aromatic heterocycles. The van der Waals surface area contributed by atoms with E-state index in [0.717, 1.165) is 0 Å². The topological polar surface area (TPSA) is 35.5 Å². The van der Waals surface area contributed by atoms with Crippen LogP contribution in [-0.2, 0) is 0 Å². The Labute approximate surface area is 86.6 Å². The lowest BCUT2D eigenvalue weighted by Gasteiger charge is -2.19. The van der Waals surface area contributed by atoms with Gasteiger partial charge in [-0.05, 0) is 12.1 Å². The molecular weight excluding hydrogens is 204 g/mol. The second kappa shape index (κ2) is 3.50. The monoisotopic (exact) mass is 212 g/mol. The number of hydrogen-bond acceptors (Lipinski definition) is 3. The van der Waals surface area contributed by atoms with Crippen LogP contribution in [0.15, 0.2) is 12.1 Å². The number of halogens is 1. The van der Waals surface area contributed by atoms with Crippen LogP contribution in [0.2, 0.25) is 5.02 Å². The van der Waals surface area contributed by atoms with E-state index in [1.54, 1.807) is 12.1 Å². The Kier molecular flexibility index (Phi) is 2.33. The summed E-state index contributed by atoms with van der Waals surface area (Å²) in [5, 5.41) is 0.453. The number of benzene rings is 1. The molecule has 0 N–H and O–H groups in total. The standard InChI is InChI=1S/C10H9ClO3/c1-13-8-3-2-6(11)10-9(8)7(12)4-5-14-10/h2-3H,4-5H2,1H3. The second-order valence-corrected chi connectivity index (χ2v) is 3.38. The van der Waals surface area contributed by atoms with Crippen LogP contribution in [0.25, 0.3) is 0 Å². The van der Waals surface area contributed by atoms with Gasteiger partial charge in [-0.2, -0.15) is 0 Å². The second-order valence-electron chi connectivity index (χ2n) is 2.98. The van der Waals surface area contributed by atoms with Crippen LogP contribution >= 0.6 is 11.6 Å². The van der Waals surface area contributed by atoms with Crippen molar-refractivity contribution in [1.29, 1.82) is 0 Å². The molecule has 0 amide bonds. The summed E-state index contributed by atoms with van der Waals surface area (Å²) in [7, 11) is 1.52. The van der Waals surface area contributed by atoms with E-state index in [1.807, 2.05) is 0 Å². The quantitative estimate of drug-likeness (QED) is 0.717. The number of Topliss-reactive ketones (excluding diaryl/α,β-unsaturated/α-hetero) is 1. The van der Waals surface area contributed by atoms with Gasteiger partial charge in [0.15, 0.2) is 11.5 Å². The normalized spacial score (nSPS) is 14.6. The number of rotatable bonds is 1. The molecule has 3 nitrogen and oxygen atoms in total. The van der Waals surface area contributed by atoms with Crippen molar-refractivity contribution in [3.63, 3.8) is 0 Å². The Bertz CT molecular complexity index is 387. The lowest BCUT2D eigenvalue weighted by atomic mass is 10.0. The number of ether oxygens (including phenoxy) is 2. The molecule has 1 heterocycles. The third-order valence-corrected chi connectivity index (χ3v) is 2.44. The molecule has 0 saturated carbocycles. The molecule has 0 fully saturated rings. The molecule has 0 atom stereocenters. The molecule has 0 aliphatic carbocycles. The predicted octanol–water partition coefficient (Wildman–Crippen LogP) is 2.31. The molecule has 0 unspecified atom stereocenters. The minimum atomic E-state index is 0.0191. The minimum Gasteiger partial charge on any atom is -0.496 e. The Morgan fingerprint density at radius 2 is 2.29 bits per heavy atom. The minimum absolute atomic E-state index is 0.0191. The summed E-state index contributed by atoms with van der Waals surface area (Å²) >= 11 is 5.90. The highest BCUT2D eigenvalue weighted by Gasteiger charge is 2.25. The van der Waals surface area contributed by atoms with Crippen molar-refractivity contribution >= 4 is 17.4 Å².